The molecule has 16 heavy (non-hydrogen) atoms. The third-order valence-corrected chi connectivity index (χ3v) is 2.32. The van der Waals surface area contributed by atoms with Gasteiger partial charge >= 0.3 is 0 Å². The van der Waals surface area contributed by atoms with Crippen LogP contribution in [0.3, 0.4) is 0 Å². The molecule has 0 unspecified atom stereocenters. The Morgan fingerprint density at radius 2 is 2.00 bits per heavy atom. The van der Waals surface area contributed by atoms with E-state index in [0.717, 1.165) is 13.0 Å². The van der Waals surface area contributed by atoms with Crippen molar-refractivity contribution < 1.29 is 0 Å². The maximum absolute atomic E-state index is 3.47. The van der Waals surface area contributed by atoms with E-state index in [-0.39, 0.29) is 5.54 Å². The van der Waals surface area contributed by atoms with Crippen molar-refractivity contribution in [2.24, 2.45) is 0 Å². The van der Waals surface area contributed by atoms with E-state index in [2.05, 4.69) is 69.4 Å². The fourth-order valence-corrected chi connectivity index (χ4v) is 1.52. The number of hydrogen-bond donors (Lipinski definition) is 1. The molecule has 0 aliphatic heterocycles. The maximum atomic E-state index is 3.47. The summed E-state index contributed by atoms with van der Waals surface area (Å²) in [4.78, 5) is 0. The van der Waals surface area contributed by atoms with Gasteiger partial charge in [-0.15, -0.1) is 0 Å². The smallest absolute Gasteiger partial charge is 0.00966 e. The predicted molar refractivity (Wildman–Crippen MR) is 72.6 cm³/mol. The summed E-state index contributed by atoms with van der Waals surface area (Å²) in [5, 5.41) is 3.47. The van der Waals surface area contributed by atoms with Crippen molar-refractivity contribution in [2.45, 2.75) is 39.7 Å². The third-order valence-electron chi connectivity index (χ3n) is 2.32. The number of nitrogens with one attached hydrogen (secondary N) is 1. The molecule has 0 heterocycles. The molecule has 0 aliphatic carbocycles. The first-order valence-corrected chi connectivity index (χ1v) is 5.96. The molecule has 0 radical (unpaired) electrons. The Labute approximate surface area is 99.6 Å². The first kappa shape index (κ1) is 13.0. The van der Waals surface area contributed by atoms with Gasteiger partial charge in [0, 0.05) is 5.54 Å². The Kier molecular flexibility index (Phi) is 4.75. The van der Waals surface area contributed by atoms with Crippen molar-refractivity contribution >= 4 is 6.08 Å². The van der Waals surface area contributed by atoms with E-state index in [4.69, 9.17) is 0 Å². The topological polar surface area (TPSA) is 12.0 Å². The Hall–Kier alpha value is -1.08. The van der Waals surface area contributed by atoms with E-state index < -0.39 is 0 Å². The van der Waals surface area contributed by atoms with Crippen molar-refractivity contribution in [1.29, 1.82) is 0 Å². The van der Waals surface area contributed by atoms with Crippen LogP contribution in [0.2, 0.25) is 0 Å². The minimum absolute atomic E-state index is 0.219. The van der Waals surface area contributed by atoms with Crippen molar-refractivity contribution in [3.8, 4) is 0 Å². The molecule has 0 aliphatic rings. The summed E-state index contributed by atoms with van der Waals surface area (Å²) in [7, 11) is 0. The van der Waals surface area contributed by atoms with Crippen LogP contribution in [-0.2, 0) is 0 Å². The Balaban J connectivity index is 2.33. The van der Waals surface area contributed by atoms with Gasteiger partial charge in [0.1, 0.15) is 0 Å². The molecule has 1 aromatic carbocycles. The predicted octanol–water partition coefficient (Wildman–Crippen LogP) is 3.79. The van der Waals surface area contributed by atoms with Crippen LogP contribution < -0.4 is 5.32 Å². The lowest BCUT2D eigenvalue weighted by Gasteiger charge is -2.19. The van der Waals surface area contributed by atoms with E-state index in [1.807, 2.05) is 0 Å². The normalized spacial score (nSPS) is 12.2. The summed E-state index contributed by atoms with van der Waals surface area (Å²) in [6.45, 7) is 9.73. The molecule has 1 nitrogen and oxygen atoms in total. The van der Waals surface area contributed by atoms with E-state index in [0.29, 0.717) is 0 Å². The van der Waals surface area contributed by atoms with Crippen LogP contribution in [0.1, 0.15) is 38.3 Å². The van der Waals surface area contributed by atoms with Gasteiger partial charge in [0.25, 0.3) is 0 Å². The summed E-state index contributed by atoms with van der Waals surface area (Å²) in [5.41, 5.74) is 2.82. The standard InChI is InChI=1S/C15H23N/c1-13-8-7-10-14(12-13)9-5-6-11-16-15(2,3)4/h5,7-10,12,16H,6,11H2,1-4H3. The number of rotatable bonds is 4. The molecule has 1 heteroatoms. The molecule has 0 saturated heterocycles. The van der Waals surface area contributed by atoms with Gasteiger partial charge in [-0.1, -0.05) is 42.0 Å². The van der Waals surface area contributed by atoms with Crippen LogP contribution in [0.25, 0.3) is 6.08 Å². The summed E-state index contributed by atoms with van der Waals surface area (Å²) < 4.78 is 0. The molecule has 0 saturated carbocycles. The highest BCUT2D eigenvalue weighted by molar-refractivity contribution is 5.50. The van der Waals surface area contributed by atoms with Crippen LogP contribution in [-0.4, -0.2) is 12.1 Å². The summed E-state index contributed by atoms with van der Waals surface area (Å²) >= 11 is 0. The lowest BCUT2D eigenvalue weighted by Crippen LogP contribution is -2.36. The van der Waals surface area contributed by atoms with Crippen LogP contribution in [0.5, 0.6) is 0 Å². The Morgan fingerprint density at radius 1 is 1.25 bits per heavy atom. The zero-order valence-corrected chi connectivity index (χ0v) is 10.9. The number of aryl methyl sites for hydroxylation is 1. The zero-order valence-electron chi connectivity index (χ0n) is 10.9. The molecule has 1 aromatic rings. The summed E-state index contributed by atoms with van der Waals surface area (Å²) in [5.74, 6) is 0. The van der Waals surface area contributed by atoms with E-state index in [1.165, 1.54) is 11.1 Å². The molecule has 0 bridgehead atoms. The lowest BCUT2D eigenvalue weighted by molar-refractivity contribution is 0.431. The van der Waals surface area contributed by atoms with E-state index in [1.54, 1.807) is 0 Å². The highest BCUT2D eigenvalue weighted by Crippen LogP contribution is 2.06. The number of hydrogen-bond acceptors (Lipinski definition) is 1. The Morgan fingerprint density at radius 3 is 2.62 bits per heavy atom. The second-order valence-corrected chi connectivity index (χ2v) is 5.28. The van der Waals surface area contributed by atoms with Crippen LogP contribution >= 0.6 is 0 Å². The van der Waals surface area contributed by atoms with Gasteiger partial charge in [-0.2, -0.15) is 0 Å². The van der Waals surface area contributed by atoms with Crippen LogP contribution in [0.4, 0.5) is 0 Å². The quantitative estimate of drug-likeness (QED) is 0.757. The minimum atomic E-state index is 0.219. The van der Waals surface area contributed by atoms with Gasteiger partial charge in [-0.25, -0.2) is 0 Å². The van der Waals surface area contributed by atoms with Crippen molar-refractivity contribution in [1.82, 2.24) is 5.32 Å². The molecule has 0 atom stereocenters. The van der Waals surface area contributed by atoms with Gasteiger partial charge in [0.15, 0.2) is 0 Å². The number of benzene rings is 1. The van der Waals surface area contributed by atoms with Crippen molar-refractivity contribution in [3.63, 3.8) is 0 Å². The molecule has 1 N–H and O–H groups in total. The fourth-order valence-electron chi connectivity index (χ4n) is 1.52. The van der Waals surface area contributed by atoms with Crippen molar-refractivity contribution in [3.05, 3.63) is 41.5 Å². The first-order valence-electron chi connectivity index (χ1n) is 5.96. The highest BCUT2D eigenvalue weighted by Gasteiger charge is 2.05. The second kappa shape index (κ2) is 5.86. The molecular weight excluding hydrogens is 194 g/mol. The molecule has 0 spiro atoms. The van der Waals surface area contributed by atoms with Gasteiger partial charge in [-0.3, -0.25) is 0 Å². The largest absolute Gasteiger partial charge is 0.312 e. The van der Waals surface area contributed by atoms with Crippen LogP contribution in [0, 0.1) is 6.92 Å². The SMILES string of the molecule is Cc1cccc(C=CCCNC(C)(C)C)c1. The average Bonchev–Trinajstić information content (AvgIpc) is 2.15. The lowest BCUT2D eigenvalue weighted by atomic mass is 10.1. The summed E-state index contributed by atoms with van der Waals surface area (Å²) in [6.07, 6.45) is 5.50. The van der Waals surface area contributed by atoms with Crippen molar-refractivity contribution in [2.75, 3.05) is 6.54 Å². The highest BCUT2D eigenvalue weighted by atomic mass is 14.9. The molecule has 1 rings (SSSR count). The van der Waals surface area contributed by atoms with Gasteiger partial charge in [0.2, 0.25) is 0 Å². The van der Waals surface area contributed by atoms with E-state index in [9.17, 15) is 0 Å². The molecule has 0 fully saturated rings. The molecular formula is C15H23N. The monoisotopic (exact) mass is 217 g/mol. The minimum Gasteiger partial charge on any atom is -0.312 e. The van der Waals surface area contributed by atoms with Gasteiger partial charge in [-0.05, 0) is 46.2 Å². The van der Waals surface area contributed by atoms with Gasteiger partial charge in [0.05, 0.1) is 0 Å². The second-order valence-electron chi connectivity index (χ2n) is 5.28. The fraction of sp³-hybridized carbons (Fsp3) is 0.467. The molecule has 0 amide bonds. The summed E-state index contributed by atoms with van der Waals surface area (Å²) in [6, 6.07) is 8.56. The third kappa shape index (κ3) is 5.72. The maximum Gasteiger partial charge on any atom is 0.00966 e. The molecule has 88 valence electrons. The zero-order chi connectivity index (χ0) is 12.0. The van der Waals surface area contributed by atoms with E-state index >= 15 is 0 Å². The van der Waals surface area contributed by atoms with Crippen LogP contribution in [0.15, 0.2) is 30.3 Å². The average molecular weight is 217 g/mol. The van der Waals surface area contributed by atoms with Gasteiger partial charge < -0.3 is 5.32 Å². The first-order chi connectivity index (χ1) is 7.47. The Bertz CT molecular complexity index is 345. The molecule has 0 aromatic heterocycles.